The Morgan fingerprint density at radius 2 is 2.12 bits per heavy atom. The van der Waals surface area contributed by atoms with Crippen LogP contribution in [0.4, 0.5) is 0 Å². The van der Waals surface area contributed by atoms with E-state index < -0.39 is 0 Å². The molecule has 16 heavy (non-hydrogen) atoms. The van der Waals surface area contributed by atoms with Crippen LogP contribution >= 0.6 is 15.9 Å². The van der Waals surface area contributed by atoms with Crippen molar-refractivity contribution in [2.45, 2.75) is 19.5 Å². The highest BCUT2D eigenvalue weighted by Crippen LogP contribution is 2.22. The third-order valence-corrected chi connectivity index (χ3v) is 2.79. The van der Waals surface area contributed by atoms with Gasteiger partial charge in [-0.1, -0.05) is 15.9 Å². The lowest BCUT2D eigenvalue weighted by Gasteiger charge is -2.14. The molecule has 1 atom stereocenters. The van der Waals surface area contributed by atoms with E-state index in [9.17, 15) is 0 Å². The van der Waals surface area contributed by atoms with Gasteiger partial charge in [-0.25, -0.2) is 0 Å². The van der Waals surface area contributed by atoms with Crippen molar-refractivity contribution >= 4 is 15.9 Å². The van der Waals surface area contributed by atoms with Gasteiger partial charge in [-0.2, -0.15) is 0 Å². The molecule has 1 rings (SSSR count). The maximum absolute atomic E-state index is 5.30. The molecule has 0 spiro atoms. The second-order valence-corrected chi connectivity index (χ2v) is 4.61. The maximum atomic E-state index is 5.30. The fourth-order valence-corrected chi connectivity index (χ4v) is 1.89. The van der Waals surface area contributed by atoms with Crippen molar-refractivity contribution in [2.24, 2.45) is 0 Å². The molecule has 0 aliphatic carbocycles. The molecular formula is C12H18BrNO2. The quantitative estimate of drug-likeness (QED) is 0.872. The smallest absolute Gasteiger partial charge is 0.123 e. The highest BCUT2D eigenvalue weighted by Gasteiger charge is 2.05. The van der Waals surface area contributed by atoms with Gasteiger partial charge in [0.2, 0.25) is 0 Å². The highest BCUT2D eigenvalue weighted by atomic mass is 79.9. The molecule has 0 aliphatic rings. The summed E-state index contributed by atoms with van der Waals surface area (Å²) in [6, 6.07) is 6.32. The zero-order valence-electron chi connectivity index (χ0n) is 9.92. The largest absolute Gasteiger partial charge is 0.496 e. The zero-order chi connectivity index (χ0) is 12.0. The van der Waals surface area contributed by atoms with E-state index in [2.05, 4.69) is 34.2 Å². The molecule has 0 aliphatic heterocycles. The van der Waals surface area contributed by atoms with Crippen LogP contribution < -0.4 is 10.1 Å². The summed E-state index contributed by atoms with van der Waals surface area (Å²) in [7, 11) is 3.39. The average Bonchev–Trinajstić information content (AvgIpc) is 2.27. The monoisotopic (exact) mass is 287 g/mol. The van der Waals surface area contributed by atoms with Crippen LogP contribution in [0.25, 0.3) is 0 Å². The van der Waals surface area contributed by atoms with Crippen molar-refractivity contribution in [1.82, 2.24) is 5.32 Å². The van der Waals surface area contributed by atoms with Gasteiger partial charge in [0.1, 0.15) is 5.75 Å². The van der Waals surface area contributed by atoms with Gasteiger partial charge < -0.3 is 14.8 Å². The Bertz CT molecular complexity index is 331. The predicted octanol–water partition coefficient (Wildman–Crippen LogP) is 2.58. The Kier molecular flexibility index (Phi) is 5.80. The Labute approximate surface area is 105 Å². The average molecular weight is 288 g/mol. The molecule has 0 unspecified atom stereocenters. The van der Waals surface area contributed by atoms with Crippen LogP contribution in [0.3, 0.4) is 0 Å². The summed E-state index contributed by atoms with van der Waals surface area (Å²) < 4.78 is 11.4. The van der Waals surface area contributed by atoms with Crippen molar-refractivity contribution in [1.29, 1.82) is 0 Å². The van der Waals surface area contributed by atoms with Gasteiger partial charge in [-0.05, 0) is 25.1 Å². The number of hydrogen-bond acceptors (Lipinski definition) is 3. The standard InChI is InChI=1S/C12H18BrNO2/c1-9(8-15-2)14-7-10-6-11(13)4-5-12(10)16-3/h4-6,9,14H,7-8H2,1-3H3/t9-/m0/s1. The van der Waals surface area contributed by atoms with Crippen LogP contribution in [0.5, 0.6) is 5.75 Å². The van der Waals surface area contributed by atoms with E-state index in [0.717, 1.165) is 22.3 Å². The summed E-state index contributed by atoms with van der Waals surface area (Å²) >= 11 is 3.46. The van der Waals surface area contributed by atoms with Crippen molar-refractivity contribution < 1.29 is 9.47 Å². The van der Waals surface area contributed by atoms with Gasteiger partial charge in [0.25, 0.3) is 0 Å². The highest BCUT2D eigenvalue weighted by molar-refractivity contribution is 9.10. The molecule has 0 saturated heterocycles. The molecule has 0 amide bonds. The lowest BCUT2D eigenvalue weighted by atomic mass is 10.2. The van der Waals surface area contributed by atoms with Crippen molar-refractivity contribution in [2.75, 3.05) is 20.8 Å². The second-order valence-electron chi connectivity index (χ2n) is 3.69. The first kappa shape index (κ1) is 13.5. The molecule has 0 saturated carbocycles. The van der Waals surface area contributed by atoms with Crippen molar-refractivity contribution in [3.05, 3.63) is 28.2 Å². The normalized spacial score (nSPS) is 12.5. The summed E-state index contributed by atoms with van der Waals surface area (Å²) in [6.07, 6.45) is 0. The van der Waals surface area contributed by atoms with Crippen LogP contribution in [-0.4, -0.2) is 26.9 Å². The number of hydrogen-bond donors (Lipinski definition) is 1. The Morgan fingerprint density at radius 3 is 2.75 bits per heavy atom. The predicted molar refractivity (Wildman–Crippen MR) is 68.9 cm³/mol. The van der Waals surface area contributed by atoms with Gasteiger partial charge in [0.15, 0.2) is 0 Å². The van der Waals surface area contributed by atoms with Crippen molar-refractivity contribution in [3.8, 4) is 5.75 Å². The minimum Gasteiger partial charge on any atom is -0.496 e. The van der Waals surface area contributed by atoms with Gasteiger partial charge in [0.05, 0.1) is 13.7 Å². The molecule has 90 valence electrons. The van der Waals surface area contributed by atoms with Gasteiger partial charge in [-0.3, -0.25) is 0 Å². The van der Waals surface area contributed by atoms with Gasteiger partial charge >= 0.3 is 0 Å². The molecule has 4 heteroatoms. The van der Waals surface area contributed by atoms with E-state index in [4.69, 9.17) is 9.47 Å². The van der Waals surface area contributed by atoms with E-state index >= 15 is 0 Å². The molecule has 0 heterocycles. The van der Waals surface area contributed by atoms with Crippen LogP contribution in [0.1, 0.15) is 12.5 Å². The Morgan fingerprint density at radius 1 is 1.38 bits per heavy atom. The molecule has 0 bridgehead atoms. The number of halogens is 1. The number of benzene rings is 1. The molecule has 1 aromatic carbocycles. The number of methoxy groups -OCH3 is 2. The first-order valence-corrected chi connectivity index (χ1v) is 6.01. The van der Waals surface area contributed by atoms with Crippen LogP contribution in [0, 0.1) is 0 Å². The molecule has 0 fully saturated rings. The summed E-state index contributed by atoms with van der Waals surface area (Å²) in [5.74, 6) is 0.903. The summed E-state index contributed by atoms with van der Waals surface area (Å²) in [5.41, 5.74) is 1.14. The topological polar surface area (TPSA) is 30.5 Å². The lowest BCUT2D eigenvalue weighted by Crippen LogP contribution is -2.29. The molecule has 0 radical (unpaired) electrons. The third-order valence-electron chi connectivity index (χ3n) is 2.30. The summed E-state index contributed by atoms with van der Waals surface area (Å²) in [5, 5.41) is 3.38. The minimum atomic E-state index is 0.327. The third kappa shape index (κ3) is 4.12. The minimum absolute atomic E-state index is 0.327. The molecular weight excluding hydrogens is 270 g/mol. The number of nitrogens with one attached hydrogen (secondary N) is 1. The van der Waals surface area contributed by atoms with E-state index in [1.54, 1.807) is 14.2 Å². The molecule has 3 nitrogen and oxygen atoms in total. The van der Waals surface area contributed by atoms with Crippen LogP contribution in [-0.2, 0) is 11.3 Å². The van der Waals surface area contributed by atoms with E-state index in [1.807, 2.05) is 12.1 Å². The fourth-order valence-electron chi connectivity index (χ4n) is 1.48. The Balaban J connectivity index is 2.61. The van der Waals surface area contributed by atoms with Gasteiger partial charge in [-0.15, -0.1) is 0 Å². The summed E-state index contributed by atoms with van der Waals surface area (Å²) in [6.45, 7) is 3.57. The number of rotatable bonds is 6. The van der Waals surface area contributed by atoms with E-state index in [1.165, 1.54) is 0 Å². The van der Waals surface area contributed by atoms with E-state index in [0.29, 0.717) is 12.6 Å². The lowest BCUT2D eigenvalue weighted by molar-refractivity contribution is 0.171. The Hall–Kier alpha value is -0.580. The van der Waals surface area contributed by atoms with Crippen molar-refractivity contribution in [3.63, 3.8) is 0 Å². The second kappa shape index (κ2) is 6.89. The van der Waals surface area contributed by atoms with Crippen LogP contribution in [0.15, 0.2) is 22.7 Å². The first-order valence-electron chi connectivity index (χ1n) is 5.22. The van der Waals surface area contributed by atoms with Crippen LogP contribution in [0.2, 0.25) is 0 Å². The summed E-state index contributed by atoms with van der Waals surface area (Å²) in [4.78, 5) is 0. The first-order chi connectivity index (χ1) is 7.67. The SMILES string of the molecule is COC[C@H](C)NCc1cc(Br)ccc1OC. The number of ether oxygens (including phenoxy) is 2. The fraction of sp³-hybridized carbons (Fsp3) is 0.500. The van der Waals surface area contributed by atoms with Gasteiger partial charge in [0, 0.05) is 29.7 Å². The van der Waals surface area contributed by atoms with E-state index in [-0.39, 0.29) is 0 Å². The zero-order valence-corrected chi connectivity index (χ0v) is 11.5. The maximum Gasteiger partial charge on any atom is 0.123 e. The molecule has 1 aromatic rings. The molecule has 0 aromatic heterocycles. The molecule has 1 N–H and O–H groups in total.